The molecule has 11 heteroatoms. The highest BCUT2D eigenvalue weighted by molar-refractivity contribution is 14.1. The molecule has 0 bridgehead atoms. The van der Waals surface area contributed by atoms with Crippen molar-refractivity contribution in [1.82, 2.24) is 0 Å². The Morgan fingerprint density at radius 2 is 1.13 bits per heavy atom. The van der Waals surface area contributed by atoms with E-state index in [1.54, 1.807) is 72.8 Å². The van der Waals surface area contributed by atoms with Crippen LogP contribution in [0.5, 0.6) is 0 Å². The van der Waals surface area contributed by atoms with Crippen molar-refractivity contribution in [3.05, 3.63) is 83.5 Å². The van der Waals surface area contributed by atoms with E-state index in [4.69, 9.17) is 3.63 Å². The number of hydrogen-bond donors (Lipinski definition) is 0. The number of alkyl halides is 3. The van der Waals surface area contributed by atoms with E-state index in [0.717, 1.165) is 3.57 Å². The largest absolute Gasteiger partial charge is 0.524 e. The van der Waals surface area contributed by atoms with Crippen LogP contribution >= 0.6 is 78.1 Å². The quantitative estimate of drug-likeness (QED) is 0.198. The topological polar surface area (TPSA) is 43.4 Å². The third kappa shape index (κ3) is 4.79. The first-order valence-corrected chi connectivity index (χ1v) is 14.3. The van der Waals surface area contributed by atoms with Crippen molar-refractivity contribution in [1.29, 1.82) is 0 Å². The molecule has 0 atom stereocenters. The molecule has 0 aromatic heterocycles. The molecule has 0 amide bonds. The first-order chi connectivity index (χ1) is 14.0. The molecule has 3 aromatic rings. The van der Waals surface area contributed by atoms with Gasteiger partial charge in [-0.15, -0.1) is 0 Å². The predicted molar refractivity (Wildman–Crippen MR) is 136 cm³/mol. The van der Waals surface area contributed by atoms with Crippen LogP contribution in [-0.2, 0) is 13.7 Å². The maximum atomic E-state index is 13.5. The monoisotopic (exact) mass is 790 g/mol. The summed E-state index contributed by atoms with van der Waals surface area (Å²) in [4.78, 5) is 1.11. The zero-order chi connectivity index (χ0) is 22.2. The molecule has 0 aliphatic heterocycles. The van der Waals surface area contributed by atoms with Crippen LogP contribution < -0.4 is 0 Å². The minimum absolute atomic E-state index is 0.348. The molecule has 3 rings (SSSR count). The molecule has 0 aliphatic carbocycles. The summed E-state index contributed by atoms with van der Waals surface area (Å²) in [6.45, 7) is 0. The van der Waals surface area contributed by atoms with Gasteiger partial charge < -0.3 is 0 Å². The molecule has 0 saturated heterocycles. The lowest BCUT2D eigenvalue weighted by atomic mass is 10.4. The molecule has 0 N–H and O–H groups in total. The van der Waals surface area contributed by atoms with Crippen LogP contribution in [0.3, 0.4) is 0 Å². The smallest absolute Gasteiger partial charge is 0.200 e. The zero-order valence-corrected chi connectivity index (χ0v) is 22.8. The molecule has 3 nitrogen and oxygen atoms in total. The Morgan fingerprint density at radius 1 is 0.733 bits per heavy atom. The van der Waals surface area contributed by atoms with Crippen LogP contribution in [0.15, 0.2) is 87.5 Å². The van der Waals surface area contributed by atoms with Crippen molar-refractivity contribution in [2.45, 2.75) is 20.2 Å². The molecule has 0 unspecified atom stereocenters. The average Bonchev–Trinajstić information content (AvgIpc) is 2.66. The lowest BCUT2D eigenvalue weighted by Crippen LogP contribution is -2.28. The van der Waals surface area contributed by atoms with Crippen molar-refractivity contribution in [3.8, 4) is 0 Å². The Bertz CT molecular complexity index is 1090. The fourth-order valence-corrected chi connectivity index (χ4v) is 12.9. The van der Waals surface area contributed by atoms with Gasteiger partial charge in [0.2, 0.25) is 0 Å². The molecule has 0 radical (unpaired) electrons. The number of benzene rings is 3. The van der Waals surface area contributed by atoms with Crippen molar-refractivity contribution in [2.24, 2.45) is 0 Å². The van der Waals surface area contributed by atoms with E-state index in [2.05, 4.69) is 22.6 Å². The van der Waals surface area contributed by atoms with Gasteiger partial charge in [0, 0.05) is 25.4 Å². The van der Waals surface area contributed by atoms with Gasteiger partial charge in [-0.3, -0.25) is 0 Å². The third-order valence-electron chi connectivity index (χ3n) is 3.88. The summed E-state index contributed by atoms with van der Waals surface area (Å²) in [6, 6.07) is 20.0. The van der Waals surface area contributed by atoms with E-state index in [9.17, 15) is 21.6 Å². The summed E-state index contributed by atoms with van der Waals surface area (Å²) in [6.07, 6.45) is 0. The summed E-state index contributed by atoms with van der Waals surface area (Å²) < 4.78 is 72.5. The van der Waals surface area contributed by atoms with E-state index in [1.807, 2.05) is 45.2 Å². The molecule has 0 heterocycles. The number of halogens is 6. The summed E-state index contributed by atoms with van der Waals surface area (Å²) >= 11 is 6.14. The van der Waals surface area contributed by atoms with Gasteiger partial charge in [0.25, 0.3) is 0 Å². The molecule has 160 valence electrons. The van der Waals surface area contributed by atoms with E-state index >= 15 is 0 Å². The second kappa shape index (κ2) is 9.41. The van der Waals surface area contributed by atoms with Gasteiger partial charge in [-0.25, -0.2) is 0 Å². The van der Waals surface area contributed by atoms with Gasteiger partial charge >= 0.3 is 15.6 Å². The van der Waals surface area contributed by atoms with Gasteiger partial charge in [0.05, 0.1) is 0 Å². The van der Waals surface area contributed by atoms with Gasteiger partial charge in [-0.1, -0.05) is 36.4 Å². The Kier molecular flexibility index (Phi) is 7.70. The Morgan fingerprint density at radius 3 is 1.50 bits per heavy atom. The zero-order valence-electron chi connectivity index (χ0n) is 14.7. The van der Waals surface area contributed by atoms with Crippen LogP contribution in [0.2, 0.25) is 0 Å². The highest BCUT2D eigenvalue weighted by Crippen LogP contribution is 2.72. The minimum atomic E-state index is -5.91. The van der Waals surface area contributed by atoms with Gasteiger partial charge in [0.1, 0.15) is 0 Å². The summed E-state index contributed by atoms with van der Waals surface area (Å²) in [5.41, 5.74) is -5.56. The highest BCUT2D eigenvalue weighted by Gasteiger charge is 2.53. The molecular formula is C19H12F3I3O3S2. The van der Waals surface area contributed by atoms with E-state index in [1.165, 1.54) is 0 Å². The van der Waals surface area contributed by atoms with Crippen LogP contribution in [0.4, 0.5) is 13.2 Å². The summed E-state index contributed by atoms with van der Waals surface area (Å²) in [5, 5.41) is 0. The summed E-state index contributed by atoms with van der Waals surface area (Å²) in [7, 11) is -9.19. The van der Waals surface area contributed by atoms with Crippen molar-refractivity contribution >= 4 is 88.2 Å². The first-order valence-electron chi connectivity index (χ1n) is 8.09. The van der Waals surface area contributed by atoms with Gasteiger partial charge in [-0.2, -0.15) is 25.2 Å². The Balaban J connectivity index is 2.49. The Labute approximate surface area is 214 Å². The second-order valence-electron chi connectivity index (χ2n) is 5.85. The van der Waals surface area contributed by atoms with E-state index in [0.29, 0.717) is 21.8 Å². The van der Waals surface area contributed by atoms with Crippen LogP contribution in [0.25, 0.3) is 0 Å². The number of rotatable bonds is 5. The lowest BCUT2D eigenvalue weighted by Gasteiger charge is -2.40. The van der Waals surface area contributed by atoms with Gasteiger partial charge in [-0.05, 0) is 114 Å². The van der Waals surface area contributed by atoms with Crippen molar-refractivity contribution in [2.75, 3.05) is 0 Å². The molecule has 0 fully saturated rings. The van der Waals surface area contributed by atoms with E-state index < -0.39 is 25.9 Å². The molecular weight excluding hydrogens is 778 g/mol. The summed E-state index contributed by atoms with van der Waals surface area (Å²) in [5.74, 6) is 0. The third-order valence-corrected chi connectivity index (χ3v) is 11.9. The van der Waals surface area contributed by atoms with Crippen LogP contribution in [0.1, 0.15) is 0 Å². The van der Waals surface area contributed by atoms with Crippen LogP contribution in [-0.4, -0.2) is 13.9 Å². The fraction of sp³-hybridized carbons (Fsp3) is 0.0526. The predicted octanol–water partition coefficient (Wildman–Crippen LogP) is 7.56. The Hall–Kier alpha value is -0.1000. The maximum absolute atomic E-state index is 13.5. The maximum Gasteiger partial charge on any atom is 0.524 e. The molecule has 3 aromatic carbocycles. The number of hydrogen-bond acceptors (Lipinski definition) is 3. The fourth-order valence-electron chi connectivity index (χ4n) is 2.69. The molecule has 0 spiro atoms. The average molecular weight is 790 g/mol. The first kappa shape index (κ1) is 24.5. The minimum Gasteiger partial charge on any atom is -0.200 e. The molecule has 0 saturated carbocycles. The lowest BCUT2D eigenvalue weighted by molar-refractivity contribution is -0.0496. The SMILES string of the molecule is O=S(=O)(OS(c1ccccc1)(c1ccccc1)c1c(I)cc(I)cc1I)C(F)(F)F. The van der Waals surface area contributed by atoms with Gasteiger partial charge in [0.15, 0.2) is 0 Å². The van der Waals surface area contributed by atoms with Crippen LogP contribution in [0, 0.1) is 10.7 Å². The second-order valence-corrected chi connectivity index (χ2v) is 13.8. The molecule has 0 aliphatic rings. The highest BCUT2D eigenvalue weighted by atomic mass is 127. The normalized spacial score (nSPS) is 13.3. The standard InChI is InChI=1S/C19H12F3I3O3S2/c20-19(21,22)30(26,27)28-29(14-7-3-1-4-8-14,15-9-5-2-6-10-15)18-16(24)11-13(23)12-17(18)25/h1-12H. The van der Waals surface area contributed by atoms with E-state index in [-0.39, 0.29) is 0 Å². The van der Waals surface area contributed by atoms with Crippen molar-refractivity contribution < 1.29 is 25.2 Å². The van der Waals surface area contributed by atoms with Crippen molar-refractivity contribution in [3.63, 3.8) is 0 Å². The molecule has 30 heavy (non-hydrogen) atoms.